The topological polar surface area (TPSA) is 23.8 Å². The Morgan fingerprint density at radius 1 is 1.29 bits per heavy atom. The van der Waals surface area contributed by atoms with Crippen LogP contribution in [0.2, 0.25) is 0 Å². The lowest BCUT2D eigenvalue weighted by Crippen LogP contribution is -2.28. The van der Waals surface area contributed by atoms with Crippen molar-refractivity contribution in [3.8, 4) is 0 Å². The van der Waals surface area contributed by atoms with Gasteiger partial charge in [-0.2, -0.15) is 0 Å². The minimum Gasteiger partial charge on any atom is -0.251 e. The highest BCUT2D eigenvalue weighted by molar-refractivity contribution is 4.73. The van der Waals surface area contributed by atoms with Gasteiger partial charge in [0, 0.05) is 5.54 Å². The van der Waals surface area contributed by atoms with Crippen molar-refractivity contribution in [2.24, 2.45) is 5.92 Å². The number of hydrogen-bond donors (Lipinski definition) is 0. The third kappa shape index (κ3) is 2.63. The van der Waals surface area contributed by atoms with E-state index in [1.54, 1.807) is 0 Å². The van der Waals surface area contributed by atoms with Gasteiger partial charge >= 0.3 is 0 Å². The third-order valence-corrected chi connectivity index (χ3v) is 1.44. The van der Waals surface area contributed by atoms with Crippen LogP contribution in [0.1, 0.15) is 27.7 Å². The van der Waals surface area contributed by atoms with Crippen LogP contribution in [0.25, 0.3) is 0 Å². The molecule has 0 aliphatic heterocycles. The van der Waals surface area contributed by atoms with Crippen molar-refractivity contribution < 1.29 is 0 Å². The minimum atomic E-state index is -0.250. The first-order valence-corrected chi connectivity index (χ1v) is 2.69. The summed E-state index contributed by atoms with van der Waals surface area (Å²) in [6, 6.07) is 0. The summed E-state index contributed by atoms with van der Waals surface area (Å²) in [5.41, 5.74) is 7.14. The van der Waals surface area contributed by atoms with Crippen LogP contribution in [-0.4, -0.2) is 5.54 Å². The molecule has 1 radical (unpaired) electrons. The molecule has 0 amide bonds. The number of rotatable bonds is 1. The summed E-state index contributed by atoms with van der Waals surface area (Å²) in [6.45, 7) is 7.98. The molecule has 1 heteroatoms. The summed E-state index contributed by atoms with van der Waals surface area (Å²) in [4.78, 5) is 0. The molecule has 0 aromatic rings. The van der Waals surface area contributed by atoms with Crippen LogP contribution in [0.15, 0.2) is 0 Å². The quantitative estimate of drug-likeness (QED) is 0.479. The summed E-state index contributed by atoms with van der Waals surface area (Å²) in [6.07, 6.45) is 0. The molecule has 7 heavy (non-hydrogen) atoms. The van der Waals surface area contributed by atoms with Crippen molar-refractivity contribution >= 4 is 0 Å². The van der Waals surface area contributed by atoms with Gasteiger partial charge in [-0.05, 0) is 19.8 Å². The summed E-state index contributed by atoms with van der Waals surface area (Å²) >= 11 is 0. The smallest absolute Gasteiger partial charge is 0.0290 e. The summed E-state index contributed by atoms with van der Waals surface area (Å²) in [5, 5.41) is 0. The van der Waals surface area contributed by atoms with Gasteiger partial charge in [0.25, 0.3) is 0 Å². The monoisotopic (exact) mass is 100 g/mol. The first-order valence-electron chi connectivity index (χ1n) is 2.69. The van der Waals surface area contributed by atoms with E-state index in [1.165, 1.54) is 0 Å². The Labute approximate surface area is 45.9 Å². The average molecular weight is 100 g/mol. The van der Waals surface area contributed by atoms with Crippen LogP contribution in [0, 0.1) is 5.92 Å². The number of nitrogens with one attached hydrogen (secondary N) is 1. The van der Waals surface area contributed by atoms with E-state index < -0.39 is 0 Å². The van der Waals surface area contributed by atoms with Gasteiger partial charge in [0.2, 0.25) is 0 Å². The fourth-order valence-electron chi connectivity index (χ4n) is 0. The van der Waals surface area contributed by atoms with Gasteiger partial charge < -0.3 is 0 Å². The lowest BCUT2D eigenvalue weighted by atomic mass is 9.92. The molecule has 1 N–H and O–H groups in total. The fourth-order valence-corrected chi connectivity index (χ4v) is 0. The van der Waals surface area contributed by atoms with E-state index in [-0.39, 0.29) is 5.54 Å². The fraction of sp³-hybridized carbons (Fsp3) is 1.00. The normalized spacial score (nSPS) is 12.9. The van der Waals surface area contributed by atoms with Gasteiger partial charge in [0.05, 0.1) is 0 Å². The Morgan fingerprint density at radius 2 is 1.43 bits per heavy atom. The first-order chi connectivity index (χ1) is 2.94. The van der Waals surface area contributed by atoms with E-state index in [1.807, 2.05) is 13.8 Å². The molecule has 0 aliphatic rings. The maximum Gasteiger partial charge on any atom is 0.0290 e. The van der Waals surface area contributed by atoms with Gasteiger partial charge in [0.1, 0.15) is 0 Å². The molecule has 0 saturated carbocycles. The zero-order chi connectivity index (χ0) is 6.08. The van der Waals surface area contributed by atoms with Gasteiger partial charge in [-0.25, -0.2) is 0 Å². The molecule has 0 aromatic heterocycles. The average Bonchev–Trinajstić information content (AvgIpc) is 1.31. The lowest BCUT2D eigenvalue weighted by molar-refractivity contribution is 0.360. The van der Waals surface area contributed by atoms with E-state index in [4.69, 9.17) is 5.73 Å². The Balaban J connectivity index is 3.54. The van der Waals surface area contributed by atoms with Crippen LogP contribution >= 0.6 is 0 Å². The summed E-state index contributed by atoms with van der Waals surface area (Å²) < 4.78 is 0. The maximum atomic E-state index is 7.39. The van der Waals surface area contributed by atoms with E-state index in [0.29, 0.717) is 5.92 Å². The predicted octanol–water partition coefficient (Wildman–Crippen LogP) is 1.70. The van der Waals surface area contributed by atoms with Crippen LogP contribution in [-0.2, 0) is 0 Å². The first kappa shape index (κ1) is 6.96. The summed E-state index contributed by atoms with van der Waals surface area (Å²) in [7, 11) is 0. The van der Waals surface area contributed by atoms with Gasteiger partial charge in [0.15, 0.2) is 0 Å². The zero-order valence-corrected chi connectivity index (χ0v) is 5.58. The Hall–Kier alpha value is -0.0400. The Bertz CT molecular complexity index is 49.7. The number of hydrogen-bond acceptors (Lipinski definition) is 0. The van der Waals surface area contributed by atoms with Gasteiger partial charge in [-0.3, -0.25) is 5.73 Å². The van der Waals surface area contributed by atoms with E-state index in [2.05, 4.69) is 13.8 Å². The second-order valence-electron chi connectivity index (χ2n) is 2.88. The van der Waals surface area contributed by atoms with Crippen LogP contribution < -0.4 is 5.73 Å². The van der Waals surface area contributed by atoms with Crippen LogP contribution in [0.4, 0.5) is 0 Å². The van der Waals surface area contributed by atoms with Crippen molar-refractivity contribution in [2.75, 3.05) is 0 Å². The molecule has 0 spiro atoms. The van der Waals surface area contributed by atoms with E-state index >= 15 is 0 Å². The Morgan fingerprint density at radius 3 is 1.43 bits per heavy atom. The predicted molar refractivity (Wildman–Crippen MR) is 32.0 cm³/mol. The molecule has 0 saturated heterocycles. The van der Waals surface area contributed by atoms with Crippen molar-refractivity contribution in [3.05, 3.63) is 0 Å². The third-order valence-electron chi connectivity index (χ3n) is 1.44. The highest BCUT2D eigenvalue weighted by Gasteiger charge is 2.15. The largest absolute Gasteiger partial charge is 0.251 e. The molecule has 0 rings (SSSR count). The zero-order valence-electron chi connectivity index (χ0n) is 5.58. The molecule has 0 heterocycles. The highest BCUT2D eigenvalue weighted by Crippen LogP contribution is 2.11. The van der Waals surface area contributed by atoms with Crippen molar-refractivity contribution in [2.45, 2.75) is 33.2 Å². The lowest BCUT2D eigenvalue weighted by Gasteiger charge is -2.21. The molecule has 0 unspecified atom stereocenters. The van der Waals surface area contributed by atoms with E-state index in [9.17, 15) is 0 Å². The van der Waals surface area contributed by atoms with Crippen LogP contribution in [0.5, 0.6) is 0 Å². The molecule has 0 fully saturated rings. The second-order valence-corrected chi connectivity index (χ2v) is 2.88. The molecule has 0 aliphatic carbocycles. The molecule has 1 nitrogen and oxygen atoms in total. The molecule has 0 bridgehead atoms. The molecule has 0 aromatic carbocycles. The second kappa shape index (κ2) is 1.83. The Kier molecular flexibility index (Phi) is 1.82. The minimum absolute atomic E-state index is 0.250. The molecule has 0 atom stereocenters. The summed E-state index contributed by atoms with van der Waals surface area (Å²) in [5.74, 6) is 0.465. The molecular weight excluding hydrogens is 86.1 g/mol. The van der Waals surface area contributed by atoms with E-state index in [0.717, 1.165) is 0 Å². The van der Waals surface area contributed by atoms with Gasteiger partial charge in [-0.1, -0.05) is 13.8 Å². The van der Waals surface area contributed by atoms with Crippen LogP contribution in [0.3, 0.4) is 0 Å². The van der Waals surface area contributed by atoms with Gasteiger partial charge in [-0.15, -0.1) is 0 Å². The molecular formula is C6H14N. The SMILES string of the molecule is CC(C)C(C)(C)[NH]. The maximum absolute atomic E-state index is 7.39. The van der Waals surface area contributed by atoms with Crippen molar-refractivity contribution in [1.29, 1.82) is 0 Å². The molecule has 43 valence electrons. The van der Waals surface area contributed by atoms with Crippen molar-refractivity contribution in [1.82, 2.24) is 5.73 Å². The standard InChI is InChI=1S/C6H14N/c1-5(2)6(3,4)7/h5,7H,1-4H3. The highest BCUT2D eigenvalue weighted by atomic mass is 14.7. The van der Waals surface area contributed by atoms with Crippen molar-refractivity contribution in [3.63, 3.8) is 0 Å².